The van der Waals surface area contributed by atoms with E-state index in [0.29, 0.717) is 31.7 Å². The predicted octanol–water partition coefficient (Wildman–Crippen LogP) is 2.73. The summed E-state index contributed by atoms with van der Waals surface area (Å²) in [7, 11) is -3.71. The van der Waals surface area contributed by atoms with Crippen LogP contribution in [0.2, 0.25) is 0 Å². The molecular weight excluding hydrogens is 434 g/mol. The van der Waals surface area contributed by atoms with Crippen molar-refractivity contribution >= 4 is 43.3 Å². The Morgan fingerprint density at radius 1 is 1.10 bits per heavy atom. The first-order valence-corrected chi connectivity index (χ1v) is 12.4. The quantitative estimate of drug-likeness (QED) is 0.645. The summed E-state index contributed by atoms with van der Waals surface area (Å²) in [6, 6.07) is 8.19. The molecule has 1 fully saturated rings. The minimum Gasteiger partial charge on any atom is -0.352 e. The molecule has 8 nitrogen and oxygen atoms in total. The van der Waals surface area contributed by atoms with Gasteiger partial charge in [-0.25, -0.2) is 23.1 Å². The zero-order valence-electron chi connectivity index (χ0n) is 17.7. The molecule has 1 saturated heterocycles. The van der Waals surface area contributed by atoms with Crippen LogP contribution in [0.15, 0.2) is 46.9 Å². The fourth-order valence-electron chi connectivity index (χ4n) is 3.56. The molecule has 1 aliphatic heterocycles. The fraction of sp³-hybridized carbons (Fsp3) is 0.381. The molecule has 0 unspecified atom stereocenters. The number of sulfonamides is 1. The number of hydrogen-bond acceptors (Lipinski definition) is 7. The Hall–Kier alpha value is -2.56. The third kappa shape index (κ3) is 4.70. The molecule has 4 rings (SSSR count). The van der Waals surface area contributed by atoms with E-state index in [1.165, 1.54) is 12.1 Å². The number of nitrogens with one attached hydrogen (secondary N) is 1. The number of piperazine rings is 1. The molecule has 0 radical (unpaired) electrons. The van der Waals surface area contributed by atoms with E-state index in [9.17, 15) is 13.2 Å². The van der Waals surface area contributed by atoms with Crippen molar-refractivity contribution in [3.05, 3.63) is 47.6 Å². The van der Waals surface area contributed by atoms with Gasteiger partial charge >= 0.3 is 0 Å². The normalized spacial score (nSPS) is 15.5. The molecule has 1 aromatic carbocycles. The Labute approximate surface area is 186 Å². The van der Waals surface area contributed by atoms with Crippen LogP contribution in [0, 0.1) is 0 Å². The molecule has 0 bridgehead atoms. The summed E-state index contributed by atoms with van der Waals surface area (Å²) in [6.07, 6.45) is 1.57. The topological polar surface area (TPSA) is 95.5 Å². The molecule has 31 heavy (non-hydrogen) atoms. The van der Waals surface area contributed by atoms with Crippen molar-refractivity contribution in [2.45, 2.75) is 31.2 Å². The summed E-state index contributed by atoms with van der Waals surface area (Å²) in [5.41, 5.74) is 0.688. The average Bonchev–Trinajstić information content (AvgIpc) is 3.21. The minimum absolute atomic E-state index is 0.0907. The van der Waals surface area contributed by atoms with Crippen molar-refractivity contribution in [2.75, 3.05) is 31.1 Å². The number of amides is 1. The molecule has 0 spiro atoms. The lowest BCUT2D eigenvalue weighted by atomic mass is 10.1. The summed E-state index contributed by atoms with van der Waals surface area (Å²) in [6.45, 7) is 7.71. The highest BCUT2D eigenvalue weighted by molar-refractivity contribution is 7.89. The fourth-order valence-corrected chi connectivity index (χ4v) is 5.89. The second-order valence-electron chi connectivity index (χ2n) is 8.49. The van der Waals surface area contributed by atoms with Crippen molar-refractivity contribution in [3.8, 4) is 0 Å². The Kier molecular flexibility index (Phi) is 5.71. The van der Waals surface area contributed by atoms with Crippen LogP contribution < -0.4 is 9.62 Å². The third-order valence-corrected chi connectivity index (χ3v) is 7.58. The highest BCUT2D eigenvalue weighted by Crippen LogP contribution is 2.28. The van der Waals surface area contributed by atoms with Gasteiger partial charge in [-0.2, -0.15) is 0 Å². The first kappa shape index (κ1) is 21.7. The highest BCUT2D eigenvalue weighted by atomic mass is 32.2. The van der Waals surface area contributed by atoms with E-state index in [1.54, 1.807) is 55.5 Å². The second kappa shape index (κ2) is 8.18. The average molecular weight is 460 g/mol. The Morgan fingerprint density at radius 2 is 1.84 bits per heavy atom. The summed E-state index contributed by atoms with van der Waals surface area (Å²) in [5.74, 6) is 0.727. The smallest absolute Gasteiger partial charge is 0.254 e. The Balaban J connectivity index is 1.47. The SMILES string of the molecule is CC(C)(C)NS(=O)(=O)c1cccc(C(=O)N2CCN(c3ncnc4ccsc34)CC2)c1. The van der Waals surface area contributed by atoms with Crippen LogP contribution in [0.5, 0.6) is 0 Å². The van der Waals surface area contributed by atoms with E-state index < -0.39 is 15.6 Å². The largest absolute Gasteiger partial charge is 0.352 e. The molecule has 3 heterocycles. The monoisotopic (exact) mass is 459 g/mol. The molecule has 1 aliphatic rings. The first-order valence-electron chi connectivity index (χ1n) is 10.0. The number of anilines is 1. The van der Waals surface area contributed by atoms with Gasteiger partial charge < -0.3 is 9.80 Å². The number of thiophene rings is 1. The number of nitrogens with zero attached hydrogens (tertiary/aromatic N) is 4. The summed E-state index contributed by atoms with van der Waals surface area (Å²) >= 11 is 1.61. The molecule has 164 valence electrons. The molecule has 3 aromatic rings. The number of hydrogen-bond donors (Lipinski definition) is 1. The lowest BCUT2D eigenvalue weighted by molar-refractivity contribution is 0.0746. The van der Waals surface area contributed by atoms with Gasteiger partial charge in [0.05, 0.1) is 15.1 Å². The van der Waals surface area contributed by atoms with Gasteiger partial charge in [0.1, 0.15) is 12.1 Å². The van der Waals surface area contributed by atoms with E-state index in [2.05, 4.69) is 19.6 Å². The number of carbonyl (C=O) groups excluding carboxylic acids is 1. The molecule has 1 N–H and O–H groups in total. The van der Waals surface area contributed by atoms with Gasteiger partial charge in [0.15, 0.2) is 0 Å². The van der Waals surface area contributed by atoms with Crippen LogP contribution in [0.25, 0.3) is 10.2 Å². The maximum atomic E-state index is 13.0. The van der Waals surface area contributed by atoms with E-state index in [1.807, 2.05) is 11.4 Å². The number of fused-ring (bicyclic) bond motifs is 1. The summed E-state index contributed by atoms with van der Waals surface area (Å²) in [5, 5.41) is 2.00. The van der Waals surface area contributed by atoms with Gasteiger partial charge in [-0.15, -0.1) is 11.3 Å². The highest BCUT2D eigenvalue weighted by Gasteiger charge is 2.26. The molecule has 10 heteroatoms. The molecule has 2 aromatic heterocycles. The second-order valence-corrected chi connectivity index (χ2v) is 11.1. The first-order chi connectivity index (χ1) is 14.6. The molecule has 1 amide bonds. The van der Waals surface area contributed by atoms with Gasteiger partial charge in [-0.3, -0.25) is 4.79 Å². The van der Waals surface area contributed by atoms with Crippen molar-refractivity contribution in [1.29, 1.82) is 0 Å². The number of aromatic nitrogens is 2. The van der Waals surface area contributed by atoms with E-state index in [0.717, 1.165) is 16.0 Å². The number of rotatable bonds is 4. The molecule has 0 atom stereocenters. The third-order valence-electron chi connectivity index (χ3n) is 4.92. The van der Waals surface area contributed by atoms with E-state index >= 15 is 0 Å². The van der Waals surface area contributed by atoms with Crippen LogP contribution in [0.1, 0.15) is 31.1 Å². The van der Waals surface area contributed by atoms with E-state index in [-0.39, 0.29) is 10.8 Å². The van der Waals surface area contributed by atoms with E-state index in [4.69, 9.17) is 0 Å². The number of benzene rings is 1. The van der Waals surface area contributed by atoms with Gasteiger partial charge in [-0.05, 0) is 50.4 Å². The summed E-state index contributed by atoms with van der Waals surface area (Å²) < 4.78 is 28.9. The molecular formula is C21H25N5O3S2. The van der Waals surface area contributed by atoms with Gasteiger partial charge in [0, 0.05) is 37.3 Å². The van der Waals surface area contributed by atoms with Crippen molar-refractivity contribution in [1.82, 2.24) is 19.6 Å². The summed E-state index contributed by atoms with van der Waals surface area (Å²) in [4.78, 5) is 25.8. The minimum atomic E-state index is -3.71. The van der Waals surface area contributed by atoms with Gasteiger partial charge in [0.2, 0.25) is 10.0 Å². The standard InChI is InChI=1S/C21H25N5O3S2/c1-21(2,3)24-31(28,29)16-6-4-5-15(13-16)20(27)26-10-8-25(9-11-26)19-18-17(7-12-30-18)22-14-23-19/h4-7,12-14,24H,8-11H2,1-3H3. The zero-order valence-corrected chi connectivity index (χ0v) is 19.3. The lowest BCUT2D eigenvalue weighted by Crippen LogP contribution is -2.49. The Bertz CT molecular complexity index is 1210. The van der Waals surface area contributed by atoms with Crippen LogP contribution in [-0.4, -0.2) is 60.9 Å². The van der Waals surface area contributed by atoms with Crippen molar-refractivity contribution < 1.29 is 13.2 Å². The molecule has 0 saturated carbocycles. The van der Waals surface area contributed by atoms with Crippen LogP contribution in [0.4, 0.5) is 5.82 Å². The van der Waals surface area contributed by atoms with Crippen molar-refractivity contribution in [2.24, 2.45) is 0 Å². The predicted molar refractivity (Wildman–Crippen MR) is 122 cm³/mol. The lowest BCUT2D eigenvalue weighted by Gasteiger charge is -2.35. The van der Waals surface area contributed by atoms with Crippen LogP contribution >= 0.6 is 11.3 Å². The van der Waals surface area contributed by atoms with Crippen LogP contribution in [0.3, 0.4) is 0 Å². The zero-order chi connectivity index (χ0) is 22.2. The number of carbonyl (C=O) groups is 1. The van der Waals surface area contributed by atoms with Crippen molar-refractivity contribution in [3.63, 3.8) is 0 Å². The Morgan fingerprint density at radius 3 is 2.55 bits per heavy atom. The van der Waals surface area contributed by atoms with Gasteiger partial charge in [-0.1, -0.05) is 6.07 Å². The molecule has 0 aliphatic carbocycles. The van der Waals surface area contributed by atoms with Gasteiger partial charge in [0.25, 0.3) is 5.91 Å². The maximum absolute atomic E-state index is 13.0. The maximum Gasteiger partial charge on any atom is 0.254 e. The van der Waals surface area contributed by atoms with Crippen LogP contribution in [-0.2, 0) is 10.0 Å².